The van der Waals surface area contributed by atoms with Crippen LogP contribution in [-0.2, 0) is 6.42 Å². The van der Waals surface area contributed by atoms with Crippen molar-refractivity contribution in [2.45, 2.75) is 58.0 Å². The van der Waals surface area contributed by atoms with Gasteiger partial charge in [-0.1, -0.05) is 239 Å². The van der Waals surface area contributed by atoms with Crippen molar-refractivity contribution in [3.05, 3.63) is 300 Å². The van der Waals surface area contributed by atoms with Gasteiger partial charge in [0, 0.05) is 33.3 Å². The predicted octanol–water partition coefficient (Wildman–Crippen LogP) is 18.5. The zero-order valence-corrected chi connectivity index (χ0v) is 45.2. The molecule has 3 atom stereocenters. The summed E-state index contributed by atoms with van der Waals surface area (Å²) in [4.78, 5) is 11.1. The maximum atomic E-state index is 5.65. The molecular weight excluding hydrogens is 957 g/mol. The number of benzene rings is 11. The zero-order valence-electron chi connectivity index (χ0n) is 45.2. The lowest BCUT2D eigenvalue weighted by Gasteiger charge is -2.28. The molecule has 0 aliphatic heterocycles. The van der Waals surface area contributed by atoms with Gasteiger partial charge in [0.05, 0.1) is 23.1 Å². The van der Waals surface area contributed by atoms with Crippen molar-refractivity contribution in [3.8, 4) is 22.5 Å². The van der Waals surface area contributed by atoms with E-state index in [2.05, 4.69) is 293 Å². The lowest BCUT2D eigenvalue weighted by atomic mass is 9.86. The molecule has 0 aliphatic rings. The first-order valence-electron chi connectivity index (χ1n) is 27.9. The van der Waals surface area contributed by atoms with Crippen LogP contribution in [0.4, 0.5) is 11.4 Å². The van der Waals surface area contributed by atoms with Crippen LogP contribution in [0, 0.1) is 6.92 Å². The summed E-state index contributed by atoms with van der Waals surface area (Å²) in [5.41, 5.74) is 16.2. The van der Waals surface area contributed by atoms with E-state index in [-0.39, 0.29) is 23.9 Å². The summed E-state index contributed by atoms with van der Waals surface area (Å²) in [5, 5.41) is 18.9. The molecule has 3 unspecified atom stereocenters. The molecule has 0 saturated carbocycles. The van der Waals surface area contributed by atoms with Gasteiger partial charge in [-0.2, -0.15) is 0 Å². The van der Waals surface area contributed by atoms with Crippen LogP contribution in [0.1, 0.15) is 89.5 Å². The Labute approximate surface area is 463 Å². The van der Waals surface area contributed by atoms with E-state index in [1.807, 2.05) is 0 Å². The second kappa shape index (κ2) is 21.3. The van der Waals surface area contributed by atoms with Gasteiger partial charge in [0.15, 0.2) is 6.04 Å². The summed E-state index contributed by atoms with van der Waals surface area (Å²) in [6, 6.07) is 92.5. The van der Waals surface area contributed by atoms with E-state index in [9.17, 15) is 0 Å². The molecule has 4 heteroatoms. The summed E-state index contributed by atoms with van der Waals surface area (Å²) in [6.45, 7) is 9.24. The van der Waals surface area contributed by atoms with Crippen LogP contribution in [0.15, 0.2) is 255 Å². The van der Waals surface area contributed by atoms with Crippen LogP contribution >= 0.6 is 0 Å². The molecule has 2 aromatic heterocycles. The number of aromatic nitrogens is 2. The maximum absolute atomic E-state index is 5.65. The average molecular weight is 1020 g/mol. The summed E-state index contributed by atoms with van der Waals surface area (Å²) in [5.74, 6) is 0.472. The Kier molecular flexibility index (Phi) is 13.3. The number of aryl methyl sites for hydroxylation is 1. The molecule has 13 aromatic rings. The van der Waals surface area contributed by atoms with Crippen molar-refractivity contribution in [3.63, 3.8) is 0 Å². The minimum atomic E-state index is -0.195. The molecule has 13 rings (SSSR count). The van der Waals surface area contributed by atoms with Gasteiger partial charge in [-0.05, 0) is 132 Å². The van der Waals surface area contributed by atoms with E-state index in [4.69, 9.17) is 9.97 Å². The quantitative estimate of drug-likeness (QED) is 0.0843. The zero-order chi connectivity index (χ0) is 53.4. The number of anilines is 1. The number of fused-ring (bicyclic) bond motifs is 5. The molecule has 0 bridgehead atoms. The fourth-order valence-electron chi connectivity index (χ4n) is 12.4. The van der Waals surface area contributed by atoms with Crippen LogP contribution < -0.4 is 10.6 Å². The molecule has 0 amide bonds. The van der Waals surface area contributed by atoms with E-state index >= 15 is 0 Å². The molecule has 79 heavy (non-hydrogen) atoms. The van der Waals surface area contributed by atoms with Crippen LogP contribution in [0.25, 0.3) is 76.4 Å². The van der Waals surface area contributed by atoms with Crippen LogP contribution in [0.3, 0.4) is 0 Å². The van der Waals surface area contributed by atoms with Crippen molar-refractivity contribution in [2.75, 3.05) is 5.32 Å². The molecule has 0 spiro atoms. The number of hydrogen-bond donors (Lipinski definition) is 2. The van der Waals surface area contributed by atoms with Gasteiger partial charge in [-0.25, -0.2) is 4.98 Å². The van der Waals surface area contributed by atoms with Gasteiger partial charge in [0.1, 0.15) is 11.4 Å². The minimum absolute atomic E-state index is 0.176. The number of nitrogens with zero attached hydrogens (tertiary/aromatic N) is 2. The first-order chi connectivity index (χ1) is 38.8. The molecule has 0 saturated heterocycles. The lowest BCUT2D eigenvalue weighted by molar-refractivity contribution is -0.606. The number of rotatable bonds is 14. The number of nitrogens with two attached hydrogens (primary N) is 1. The lowest BCUT2D eigenvalue weighted by Crippen LogP contribution is -2.80. The number of hydrogen-bond acceptors (Lipinski definition) is 3. The number of quaternary nitrogens is 1. The van der Waals surface area contributed by atoms with Gasteiger partial charge in [0.25, 0.3) is 0 Å². The average Bonchev–Trinajstić information content (AvgIpc) is 3.69. The standard InChI is InChI=1S/C75H62N4/c1-48(2)58-33-18-34-59(74(58)79-73(55-24-6-5-7-25-55)69-39-19-37-67(76-69)65-35-16-27-52-21-8-12-29-60(52)65)50(4)45-51-42-44-63-57(46-51)47-56-26-11-14-31-62(56)71(63)75(78-72-49(3)41-43-54-23-10-15-32-64(54)72)70-40-20-38-68(77-70)66-36-17-28-53-22-9-13-30-61(53)66/h5-44,46-48,50,73,75,78-79H,45H2,1-4H3/p+1. The third kappa shape index (κ3) is 9.60. The Morgan fingerprint density at radius 1 is 0.418 bits per heavy atom. The summed E-state index contributed by atoms with van der Waals surface area (Å²) in [7, 11) is 0. The number of nitrogens with one attached hydrogen (secondary N) is 1. The maximum Gasteiger partial charge on any atom is 0.160 e. The molecule has 3 N–H and O–H groups in total. The topological polar surface area (TPSA) is 54.4 Å². The van der Waals surface area contributed by atoms with Crippen molar-refractivity contribution in [1.29, 1.82) is 0 Å². The fourth-order valence-corrected chi connectivity index (χ4v) is 12.4. The van der Waals surface area contributed by atoms with Crippen molar-refractivity contribution in [2.24, 2.45) is 0 Å². The van der Waals surface area contributed by atoms with Crippen molar-refractivity contribution >= 4 is 65.2 Å². The monoisotopic (exact) mass is 1020 g/mol. The Hall–Kier alpha value is -9.22. The Morgan fingerprint density at radius 3 is 1.63 bits per heavy atom. The molecular formula is C75H63N4+. The molecule has 4 nitrogen and oxygen atoms in total. The van der Waals surface area contributed by atoms with E-state index < -0.39 is 0 Å². The van der Waals surface area contributed by atoms with Gasteiger partial charge in [-0.3, -0.25) is 4.98 Å². The third-order valence-electron chi connectivity index (χ3n) is 16.3. The van der Waals surface area contributed by atoms with E-state index in [1.165, 1.54) is 98.6 Å². The highest BCUT2D eigenvalue weighted by molar-refractivity contribution is 6.04. The number of pyridine rings is 2. The highest BCUT2D eigenvalue weighted by atomic mass is 15.0. The van der Waals surface area contributed by atoms with Gasteiger partial charge in [-0.15, -0.1) is 0 Å². The molecule has 0 fully saturated rings. The Morgan fingerprint density at radius 2 is 0.949 bits per heavy atom. The normalized spacial score (nSPS) is 12.9. The van der Waals surface area contributed by atoms with Crippen LogP contribution in [0.2, 0.25) is 0 Å². The van der Waals surface area contributed by atoms with E-state index in [1.54, 1.807) is 0 Å². The number of para-hydroxylation sites is 1. The third-order valence-corrected chi connectivity index (χ3v) is 16.3. The largest absolute Gasteiger partial charge is 0.372 e. The van der Waals surface area contributed by atoms with E-state index in [0.29, 0.717) is 0 Å². The van der Waals surface area contributed by atoms with Crippen LogP contribution in [-0.4, -0.2) is 9.97 Å². The SMILES string of the molecule is Cc1ccc2ccccc2c1[NH2+]C(c1cccc(-c2cccc3ccccc23)n1)c1c2ccccc2cc2cc(CC(C)c3cccc(C(C)C)c3NC(c3ccccc3)c3cccc(-c4cccc5ccccc45)n3)ccc12. The highest BCUT2D eigenvalue weighted by Crippen LogP contribution is 2.41. The predicted molar refractivity (Wildman–Crippen MR) is 332 cm³/mol. The molecule has 2 heterocycles. The smallest absolute Gasteiger partial charge is 0.160 e. The van der Waals surface area contributed by atoms with Crippen molar-refractivity contribution < 1.29 is 5.32 Å². The van der Waals surface area contributed by atoms with Gasteiger partial charge in [0.2, 0.25) is 0 Å². The van der Waals surface area contributed by atoms with Crippen LogP contribution in [0.5, 0.6) is 0 Å². The first-order valence-corrected chi connectivity index (χ1v) is 27.9. The second-order valence-electron chi connectivity index (χ2n) is 21.7. The molecule has 0 aliphatic carbocycles. The summed E-state index contributed by atoms with van der Waals surface area (Å²) in [6.07, 6.45) is 0.860. The second-order valence-corrected chi connectivity index (χ2v) is 21.7. The molecule has 11 aromatic carbocycles. The van der Waals surface area contributed by atoms with Crippen molar-refractivity contribution in [1.82, 2.24) is 9.97 Å². The first kappa shape index (κ1) is 49.4. The van der Waals surface area contributed by atoms with E-state index in [0.717, 1.165) is 40.3 Å². The Bertz CT molecular complexity index is 4380. The van der Waals surface area contributed by atoms with Gasteiger partial charge < -0.3 is 10.6 Å². The Balaban J connectivity index is 0.907. The molecule has 382 valence electrons. The minimum Gasteiger partial charge on any atom is -0.372 e. The molecule has 0 radical (unpaired) electrons. The van der Waals surface area contributed by atoms with Gasteiger partial charge >= 0.3 is 0 Å². The summed E-state index contributed by atoms with van der Waals surface area (Å²) < 4.78 is 0. The highest BCUT2D eigenvalue weighted by Gasteiger charge is 2.29. The summed E-state index contributed by atoms with van der Waals surface area (Å²) >= 11 is 0. The fraction of sp³-hybridized carbons (Fsp3) is 0.120.